The van der Waals surface area contributed by atoms with Gasteiger partial charge in [0.15, 0.2) is 5.69 Å². The Morgan fingerprint density at radius 1 is 1.21 bits per heavy atom. The molecule has 0 aliphatic carbocycles. The highest BCUT2D eigenvalue weighted by Crippen LogP contribution is 2.33. The molecule has 19 heavy (non-hydrogen) atoms. The van der Waals surface area contributed by atoms with E-state index in [0.717, 1.165) is 11.1 Å². The summed E-state index contributed by atoms with van der Waals surface area (Å²) in [6.07, 6.45) is 0. The second-order valence-electron chi connectivity index (χ2n) is 4.35. The van der Waals surface area contributed by atoms with E-state index in [0.29, 0.717) is 5.56 Å². The molecule has 5 nitrogen and oxygen atoms in total. The summed E-state index contributed by atoms with van der Waals surface area (Å²) in [5.74, 6) is 0. The van der Waals surface area contributed by atoms with E-state index in [2.05, 4.69) is 9.97 Å². The van der Waals surface area contributed by atoms with Gasteiger partial charge in [0.1, 0.15) is 5.69 Å². The molecule has 6 heteroatoms. The zero-order valence-electron chi connectivity index (χ0n) is 10.8. The third-order valence-corrected chi connectivity index (χ3v) is 3.02. The van der Waals surface area contributed by atoms with Crippen LogP contribution in [-0.4, -0.2) is 14.9 Å². The number of nitro groups is 1. The van der Waals surface area contributed by atoms with E-state index in [4.69, 9.17) is 11.6 Å². The number of nitrogens with zero attached hydrogens (tertiary/aromatic N) is 3. The zero-order valence-corrected chi connectivity index (χ0v) is 11.5. The molecule has 2 aromatic rings. The predicted molar refractivity (Wildman–Crippen MR) is 73.3 cm³/mol. The topological polar surface area (TPSA) is 68.9 Å². The Labute approximate surface area is 115 Å². The first-order chi connectivity index (χ1) is 8.90. The van der Waals surface area contributed by atoms with Crippen molar-refractivity contribution in [3.05, 3.63) is 50.4 Å². The van der Waals surface area contributed by atoms with Gasteiger partial charge in [-0.25, -0.2) is 9.97 Å². The molecule has 1 aromatic heterocycles. The van der Waals surface area contributed by atoms with E-state index >= 15 is 0 Å². The van der Waals surface area contributed by atoms with Crippen molar-refractivity contribution in [2.75, 3.05) is 0 Å². The maximum Gasteiger partial charge on any atom is 0.316 e. The number of hydrogen-bond donors (Lipinski definition) is 0. The Balaban J connectivity index is 2.77. The minimum absolute atomic E-state index is 0.0121. The van der Waals surface area contributed by atoms with Crippen LogP contribution in [0.3, 0.4) is 0 Å². The lowest BCUT2D eigenvalue weighted by Gasteiger charge is -2.08. The quantitative estimate of drug-likeness (QED) is 0.477. The smallest absolute Gasteiger partial charge is 0.258 e. The molecule has 1 heterocycles. The van der Waals surface area contributed by atoms with Crippen molar-refractivity contribution in [1.29, 1.82) is 0 Å². The Morgan fingerprint density at radius 2 is 1.89 bits per heavy atom. The fourth-order valence-electron chi connectivity index (χ4n) is 2.02. The fourth-order valence-corrected chi connectivity index (χ4v) is 2.23. The third kappa shape index (κ3) is 2.56. The Hall–Kier alpha value is -2.01. The summed E-state index contributed by atoms with van der Waals surface area (Å²) in [6.45, 7) is 5.40. The normalized spacial score (nSPS) is 10.5. The van der Waals surface area contributed by atoms with Gasteiger partial charge in [-0.15, -0.1) is 0 Å². The Kier molecular flexibility index (Phi) is 3.48. The predicted octanol–water partition coefficient (Wildman–Crippen LogP) is 3.63. The van der Waals surface area contributed by atoms with Gasteiger partial charge in [-0.3, -0.25) is 10.1 Å². The van der Waals surface area contributed by atoms with Gasteiger partial charge in [0.25, 0.3) is 0 Å². The second kappa shape index (κ2) is 4.93. The molecular weight excluding hydrogens is 266 g/mol. The van der Waals surface area contributed by atoms with E-state index in [1.807, 2.05) is 32.0 Å². The first-order valence-corrected chi connectivity index (χ1v) is 6.04. The van der Waals surface area contributed by atoms with Gasteiger partial charge < -0.3 is 0 Å². The molecule has 98 valence electrons. The van der Waals surface area contributed by atoms with Crippen molar-refractivity contribution < 1.29 is 4.92 Å². The van der Waals surface area contributed by atoms with Crippen molar-refractivity contribution in [2.24, 2.45) is 0 Å². The van der Waals surface area contributed by atoms with Crippen LogP contribution in [0.1, 0.15) is 16.8 Å². The van der Waals surface area contributed by atoms with Gasteiger partial charge >= 0.3 is 5.69 Å². The zero-order chi connectivity index (χ0) is 14.2. The SMILES string of the molecule is Cc1ccc(-c2nc(Cl)nc(C)c2[N+](=O)[O-])c(C)c1. The summed E-state index contributed by atoms with van der Waals surface area (Å²) >= 11 is 5.82. The maximum atomic E-state index is 11.2. The Bertz CT molecular complexity index is 671. The first kappa shape index (κ1) is 13.4. The molecule has 2 rings (SSSR count). The van der Waals surface area contributed by atoms with Crippen molar-refractivity contribution in [2.45, 2.75) is 20.8 Å². The molecule has 0 unspecified atom stereocenters. The molecule has 0 bridgehead atoms. The highest BCUT2D eigenvalue weighted by Gasteiger charge is 2.23. The fraction of sp³-hybridized carbons (Fsp3) is 0.231. The summed E-state index contributed by atoms with van der Waals surface area (Å²) in [5.41, 5.74) is 3.12. The Morgan fingerprint density at radius 3 is 2.47 bits per heavy atom. The van der Waals surface area contributed by atoms with E-state index in [-0.39, 0.29) is 22.4 Å². The number of aryl methyl sites for hydroxylation is 3. The van der Waals surface area contributed by atoms with Crippen LogP contribution in [-0.2, 0) is 0 Å². The van der Waals surface area contributed by atoms with Gasteiger partial charge in [0, 0.05) is 5.56 Å². The highest BCUT2D eigenvalue weighted by atomic mass is 35.5. The summed E-state index contributed by atoms with van der Waals surface area (Å²) in [4.78, 5) is 18.6. The molecular formula is C13H12ClN3O2. The van der Waals surface area contributed by atoms with Crippen LogP contribution < -0.4 is 0 Å². The van der Waals surface area contributed by atoms with E-state index in [1.165, 1.54) is 0 Å². The standard InChI is InChI=1S/C13H12ClN3O2/c1-7-4-5-10(8(2)6-7)11-12(17(18)19)9(3)15-13(14)16-11/h4-6H,1-3H3. The average molecular weight is 278 g/mol. The number of hydrogen-bond acceptors (Lipinski definition) is 4. The lowest BCUT2D eigenvalue weighted by atomic mass is 10.0. The lowest BCUT2D eigenvalue weighted by Crippen LogP contribution is -2.02. The number of halogens is 1. The van der Waals surface area contributed by atoms with Crippen LogP contribution in [0.5, 0.6) is 0 Å². The minimum atomic E-state index is -0.472. The lowest BCUT2D eigenvalue weighted by molar-refractivity contribution is -0.385. The molecule has 0 aliphatic heterocycles. The van der Waals surface area contributed by atoms with Gasteiger partial charge in [-0.1, -0.05) is 23.8 Å². The van der Waals surface area contributed by atoms with Crippen molar-refractivity contribution in [1.82, 2.24) is 9.97 Å². The van der Waals surface area contributed by atoms with Gasteiger partial charge in [0.05, 0.1) is 4.92 Å². The monoisotopic (exact) mass is 277 g/mol. The highest BCUT2D eigenvalue weighted by molar-refractivity contribution is 6.28. The van der Waals surface area contributed by atoms with E-state index in [1.54, 1.807) is 6.92 Å². The van der Waals surface area contributed by atoms with E-state index < -0.39 is 4.92 Å². The molecule has 0 amide bonds. The summed E-state index contributed by atoms with van der Waals surface area (Å²) in [6, 6.07) is 5.65. The summed E-state index contributed by atoms with van der Waals surface area (Å²) < 4.78 is 0. The molecule has 0 N–H and O–H groups in total. The largest absolute Gasteiger partial charge is 0.316 e. The molecule has 0 saturated heterocycles. The van der Waals surface area contributed by atoms with E-state index in [9.17, 15) is 10.1 Å². The summed E-state index contributed by atoms with van der Waals surface area (Å²) in [7, 11) is 0. The number of rotatable bonds is 2. The van der Waals surface area contributed by atoms with Crippen LogP contribution in [0.15, 0.2) is 18.2 Å². The average Bonchev–Trinajstić information content (AvgIpc) is 2.26. The molecule has 0 fully saturated rings. The molecule has 0 aliphatic rings. The molecule has 0 saturated carbocycles. The van der Waals surface area contributed by atoms with Crippen LogP contribution in [0, 0.1) is 30.9 Å². The molecule has 0 spiro atoms. The van der Waals surface area contributed by atoms with Crippen molar-refractivity contribution >= 4 is 17.3 Å². The number of benzene rings is 1. The number of aromatic nitrogens is 2. The first-order valence-electron chi connectivity index (χ1n) is 5.66. The van der Waals surface area contributed by atoms with Crippen LogP contribution in [0.4, 0.5) is 5.69 Å². The maximum absolute atomic E-state index is 11.2. The van der Waals surface area contributed by atoms with Crippen LogP contribution in [0.25, 0.3) is 11.3 Å². The molecule has 0 atom stereocenters. The van der Waals surface area contributed by atoms with Gasteiger partial charge in [0.2, 0.25) is 5.28 Å². The second-order valence-corrected chi connectivity index (χ2v) is 4.69. The third-order valence-electron chi connectivity index (χ3n) is 2.85. The molecule has 0 radical (unpaired) electrons. The van der Waals surface area contributed by atoms with Crippen LogP contribution in [0.2, 0.25) is 5.28 Å². The minimum Gasteiger partial charge on any atom is -0.258 e. The van der Waals surface area contributed by atoms with Crippen molar-refractivity contribution in [3.63, 3.8) is 0 Å². The van der Waals surface area contributed by atoms with Crippen molar-refractivity contribution in [3.8, 4) is 11.3 Å². The van der Waals surface area contributed by atoms with Gasteiger partial charge in [-0.2, -0.15) is 0 Å². The van der Waals surface area contributed by atoms with Crippen LogP contribution >= 0.6 is 11.6 Å². The summed E-state index contributed by atoms with van der Waals surface area (Å²) in [5, 5.41) is 11.2. The molecule has 1 aromatic carbocycles. The van der Waals surface area contributed by atoms with Gasteiger partial charge in [-0.05, 0) is 37.9 Å².